The molecule has 0 unspecified atom stereocenters. The molecule has 0 radical (unpaired) electrons. The number of benzene rings is 1. The third-order valence-electron chi connectivity index (χ3n) is 4.32. The number of halogens is 1. The normalized spacial score (nSPS) is 18.2. The van der Waals surface area contributed by atoms with Crippen LogP contribution in [0.5, 0.6) is 5.75 Å². The van der Waals surface area contributed by atoms with Crippen molar-refractivity contribution >= 4 is 5.82 Å². The van der Waals surface area contributed by atoms with Gasteiger partial charge in [-0.1, -0.05) is 6.07 Å². The third-order valence-corrected chi connectivity index (χ3v) is 4.32. The highest BCUT2D eigenvalue weighted by Gasteiger charge is 2.29. The topological polar surface area (TPSA) is 59.5 Å². The zero-order valence-electron chi connectivity index (χ0n) is 14.8. The van der Waals surface area contributed by atoms with Crippen LogP contribution in [0.4, 0.5) is 10.2 Å². The molecule has 0 bridgehead atoms. The number of hydrogen-bond donors (Lipinski definition) is 1. The SMILES string of the molecule is CNc1cc(C)nc([C@@H]2COCCN2Cc2c(F)cccc2OC)n1. The molecule has 0 aliphatic carbocycles. The van der Waals surface area contributed by atoms with E-state index in [1.54, 1.807) is 19.2 Å². The van der Waals surface area contributed by atoms with Gasteiger partial charge >= 0.3 is 0 Å². The summed E-state index contributed by atoms with van der Waals surface area (Å²) in [6.07, 6.45) is 0. The van der Waals surface area contributed by atoms with Crippen LogP contribution in [0.2, 0.25) is 0 Å². The van der Waals surface area contributed by atoms with Gasteiger partial charge < -0.3 is 14.8 Å². The summed E-state index contributed by atoms with van der Waals surface area (Å²) in [6.45, 7) is 4.09. The number of ether oxygens (including phenoxy) is 2. The second kappa shape index (κ2) is 7.76. The molecule has 1 aliphatic rings. The summed E-state index contributed by atoms with van der Waals surface area (Å²) in [6, 6.07) is 6.63. The molecule has 0 amide bonds. The van der Waals surface area contributed by atoms with Gasteiger partial charge in [-0.05, 0) is 19.1 Å². The summed E-state index contributed by atoms with van der Waals surface area (Å²) < 4.78 is 25.3. The highest BCUT2D eigenvalue weighted by molar-refractivity contribution is 5.36. The molecule has 2 heterocycles. The lowest BCUT2D eigenvalue weighted by molar-refractivity contribution is -0.0166. The zero-order valence-corrected chi connectivity index (χ0v) is 14.8. The van der Waals surface area contributed by atoms with Crippen LogP contribution in [0, 0.1) is 12.7 Å². The number of nitrogens with one attached hydrogen (secondary N) is 1. The highest BCUT2D eigenvalue weighted by atomic mass is 19.1. The summed E-state index contributed by atoms with van der Waals surface area (Å²) in [7, 11) is 3.38. The van der Waals surface area contributed by atoms with Crippen molar-refractivity contribution in [1.29, 1.82) is 0 Å². The standard InChI is InChI=1S/C18H23FN4O2/c1-12-9-17(20-2)22-18(21-12)15-11-25-8-7-23(15)10-13-14(19)5-4-6-16(13)24-3/h4-6,9,15H,7-8,10-11H2,1-3H3,(H,20,21,22)/t15-/m0/s1. The molecule has 1 aromatic heterocycles. The molecule has 2 aromatic rings. The Balaban J connectivity index is 1.91. The van der Waals surface area contributed by atoms with Gasteiger partial charge in [0.2, 0.25) is 0 Å². The molecule has 1 fully saturated rings. The van der Waals surface area contributed by atoms with Gasteiger partial charge in [0.1, 0.15) is 23.2 Å². The smallest absolute Gasteiger partial charge is 0.150 e. The van der Waals surface area contributed by atoms with Crippen molar-refractivity contribution in [2.24, 2.45) is 0 Å². The molecule has 134 valence electrons. The van der Waals surface area contributed by atoms with Crippen molar-refractivity contribution < 1.29 is 13.9 Å². The maximum Gasteiger partial charge on any atom is 0.150 e. The first kappa shape index (κ1) is 17.6. The Bertz CT molecular complexity index is 741. The van der Waals surface area contributed by atoms with Gasteiger partial charge in [-0.2, -0.15) is 0 Å². The van der Waals surface area contributed by atoms with E-state index in [0.29, 0.717) is 43.4 Å². The molecule has 6 nitrogen and oxygen atoms in total. The van der Waals surface area contributed by atoms with Crippen LogP contribution in [-0.2, 0) is 11.3 Å². The van der Waals surface area contributed by atoms with Crippen LogP contribution in [-0.4, -0.2) is 48.8 Å². The fourth-order valence-electron chi connectivity index (χ4n) is 3.02. The van der Waals surface area contributed by atoms with E-state index in [-0.39, 0.29) is 11.9 Å². The van der Waals surface area contributed by atoms with Crippen molar-refractivity contribution in [2.45, 2.75) is 19.5 Å². The molecule has 7 heteroatoms. The van der Waals surface area contributed by atoms with Gasteiger partial charge in [0.05, 0.1) is 26.4 Å². The van der Waals surface area contributed by atoms with Gasteiger partial charge in [0, 0.05) is 37.5 Å². The van der Waals surface area contributed by atoms with Gasteiger partial charge in [-0.25, -0.2) is 14.4 Å². The highest BCUT2D eigenvalue weighted by Crippen LogP contribution is 2.29. The Hall–Kier alpha value is -2.25. The van der Waals surface area contributed by atoms with Crippen LogP contribution < -0.4 is 10.1 Å². The monoisotopic (exact) mass is 346 g/mol. The maximum atomic E-state index is 14.3. The second-order valence-electron chi connectivity index (χ2n) is 5.98. The fraction of sp³-hybridized carbons (Fsp3) is 0.444. The van der Waals surface area contributed by atoms with E-state index in [2.05, 4.69) is 20.2 Å². The first-order valence-corrected chi connectivity index (χ1v) is 8.29. The molecule has 1 aliphatic heterocycles. The van der Waals surface area contributed by atoms with Crippen molar-refractivity contribution in [1.82, 2.24) is 14.9 Å². The van der Waals surface area contributed by atoms with Crippen LogP contribution in [0.3, 0.4) is 0 Å². The Labute approximate surface area is 147 Å². The lowest BCUT2D eigenvalue weighted by Gasteiger charge is -2.35. The van der Waals surface area contributed by atoms with Gasteiger partial charge in [-0.3, -0.25) is 4.90 Å². The molecule has 1 N–H and O–H groups in total. The molecule has 3 rings (SSSR count). The number of anilines is 1. The largest absolute Gasteiger partial charge is 0.496 e. The third kappa shape index (κ3) is 3.88. The molecular formula is C18H23FN4O2. The van der Waals surface area contributed by atoms with E-state index in [1.807, 2.05) is 20.0 Å². The van der Waals surface area contributed by atoms with E-state index in [9.17, 15) is 4.39 Å². The van der Waals surface area contributed by atoms with Crippen molar-refractivity contribution in [3.8, 4) is 5.75 Å². The first-order valence-electron chi connectivity index (χ1n) is 8.29. The first-order chi connectivity index (χ1) is 12.1. The fourth-order valence-corrected chi connectivity index (χ4v) is 3.02. The van der Waals surface area contributed by atoms with E-state index < -0.39 is 0 Å². The van der Waals surface area contributed by atoms with Crippen molar-refractivity contribution in [3.05, 3.63) is 47.2 Å². The van der Waals surface area contributed by atoms with Crippen LogP contribution in [0.25, 0.3) is 0 Å². The van der Waals surface area contributed by atoms with Gasteiger partial charge in [0.15, 0.2) is 0 Å². The van der Waals surface area contributed by atoms with Crippen LogP contribution >= 0.6 is 0 Å². The molecule has 0 spiro atoms. The van der Waals surface area contributed by atoms with Gasteiger partial charge in [-0.15, -0.1) is 0 Å². The molecule has 1 saturated heterocycles. The van der Waals surface area contributed by atoms with E-state index in [0.717, 1.165) is 11.5 Å². The van der Waals surface area contributed by atoms with Gasteiger partial charge in [0.25, 0.3) is 0 Å². The Kier molecular flexibility index (Phi) is 5.45. The summed E-state index contributed by atoms with van der Waals surface area (Å²) >= 11 is 0. The average Bonchev–Trinajstić information content (AvgIpc) is 2.63. The molecular weight excluding hydrogens is 323 g/mol. The Morgan fingerprint density at radius 1 is 1.40 bits per heavy atom. The molecule has 1 aromatic carbocycles. The maximum absolute atomic E-state index is 14.3. The van der Waals surface area contributed by atoms with Crippen molar-refractivity contribution in [2.75, 3.05) is 39.2 Å². The summed E-state index contributed by atoms with van der Waals surface area (Å²) in [4.78, 5) is 11.3. The zero-order chi connectivity index (χ0) is 17.8. The van der Waals surface area contributed by atoms with E-state index in [4.69, 9.17) is 9.47 Å². The number of aromatic nitrogens is 2. The number of morpholine rings is 1. The minimum Gasteiger partial charge on any atom is -0.496 e. The average molecular weight is 346 g/mol. The minimum atomic E-state index is -0.273. The van der Waals surface area contributed by atoms with Crippen LogP contribution in [0.1, 0.15) is 23.1 Å². The number of methoxy groups -OCH3 is 1. The lowest BCUT2D eigenvalue weighted by atomic mass is 10.1. The second-order valence-corrected chi connectivity index (χ2v) is 5.98. The molecule has 1 atom stereocenters. The Morgan fingerprint density at radius 2 is 2.24 bits per heavy atom. The Morgan fingerprint density at radius 3 is 3.00 bits per heavy atom. The lowest BCUT2D eigenvalue weighted by Crippen LogP contribution is -2.40. The predicted octanol–water partition coefficient (Wildman–Crippen LogP) is 2.55. The number of hydrogen-bond acceptors (Lipinski definition) is 6. The minimum absolute atomic E-state index is 0.134. The summed E-state index contributed by atoms with van der Waals surface area (Å²) in [5.74, 6) is 1.72. The van der Waals surface area contributed by atoms with E-state index in [1.165, 1.54) is 6.07 Å². The quantitative estimate of drug-likeness (QED) is 0.898. The molecule has 0 saturated carbocycles. The number of rotatable bonds is 5. The number of aryl methyl sites for hydroxylation is 1. The predicted molar refractivity (Wildman–Crippen MR) is 93.2 cm³/mol. The summed E-state index contributed by atoms with van der Waals surface area (Å²) in [5, 5.41) is 3.05. The summed E-state index contributed by atoms with van der Waals surface area (Å²) in [5.41, 5.74) is 1.42. The van der Waals surface area contributed by atoms with E-state index >= 15 is 0 Å². The number of nitrogens with zero attached hydrogens (tertiary/aromatic N) is 3. The van der Waals surface area contributed by atoms with Crippen LogP contribution in [0.15, 0.2) is 24.3 Å². The molecule has 25 heavy (non-hydrogen) atoms. The van der Waals surface area contributed by atoms with Crippen molar-refractivity contribution in [3.63, 3.8) is 0 Å².